The van der Waals surface area contributed by atoms with Crippen LogP contribution in [0.15, 0.2) is 108 Å². The molecule has 6 atom stereocenters. The molecule has 0 bridgehead atoms. The zero-order valence-electron chi connectivity index (χ0n) is 38.6. The molecule has 0 aromatic heterocycles. The maximum absolute atomic E-state index is 15.2. The average Bonchev–Trinajstić information content (AvgIpc) is 3.81. The minimum absolute atomic E-state index is 0.00966. The van der Waals surface area contributed by atoms with Crippen LogP contribution in [-0.2, 0) is 16.2 Å². The molecule has 6 unspecified atom stereocenters. The number of aryl methyl sites for hydroxylation is 2. The van der Waals surface area contributed by atoms with E-state index in [1.165, 1.54) is 12.1 Å². The number of allylic oxidation sites excluding steroid dienone is 1. The fraction of sp³-hybridized carbons (Fsp3) is 0.434. The van der Waals surface area contributed by atoms with E-state index in [2.05, 4.69) is 32.6 Å². The Balaban J connectivity index is 1.32. The number of aliphatic hydroxyl groups is 2. The Morgan fingerprint density at radius 1 is 0.925 bits per heavy atom. The van der Waals surface area contributed by atoms with Crippen LogP contribution in [0.2, 0.25) is 0 Å². The summed E-state index contributed by atoms with van der Waals surface area (Å²) in [5, 5.41) is 36.4. The molecule has 0 spiro atoms. The van der Waals surface area contributed by atoms with Gasteiger partial charge < -0.3 is 43.6 Å². The van der Waals surface area contributed by atoms with E-state index in [-0.39, 0.29) is 69.0 Å². The topological polar surface area (TPSA) is 172 Å². The van der Waals surface area contributed by atoms with E-state index in [0.29, 0.717) is 71.4 Å². The van der Waals surface area contributed by atoms with Crippen LogP contribution in [0.4, 0.5) is 5.69 Å². The fourth-order valence-electron chi connectivity index (χ4n) is 10.4. The Hall–Kier alpha value is -6.22. The number of hydrogen-bond donors (Lipinski definition) is 2. The predicted octanol–water partition coefficient (Wildman–Crippen LogP) is 10.1. The number of hydrogen-bond acceptors (Lipinski definition) is 12. The fourth-order valence-corrected chi connectivity index (χ4v) is 10.4. The summed E-state index contributed by atoms with van der Waals surface area (Å²) >= 11 is 0. The van der Waals surface area contributed by atoms with Crippen molar-refractivity contribution in [1.82, 2.24) is 4.90 Å². The number of unbranched alkanes of at least 4 members (excludes halogenated alkanes) is 2. The molecule has 14 nitrogen and oxygen atoms in total. The lowest BCUT2D eigenvalue weighted by Crippen LogP contribution is -2.70. The van der Waals surface area contributed by atoms with Crippen molar-refractivity contribution in [1.29, 1.82) is 0 Å². The summed E-state index contributed by atoms with van der Waals surface area (Å²) in [5.41, 5.74) is 5.83. The molecule has 2 aliphatic heterocycles. The van der Waals surface area contributed by atoms with Crippen LogP contribution in [0.25, 0.3) is 0 Å². The van der Waals surface area contributed by atoms with E-state index in [1.807, 2.05) is 42.2 Å². The van der Waals surface area contributed by atoms with Crippen molar-refractivity contribution in [2.75, 3.05) is 33.2 Å². The Labute approximate surface area is 391 Å². The molecule has 1 amide bonds. The molecular weight excluding hydrogens is 855 g/mol. The molecule has 0 saturated heterocycles. The van der Waals surface area contributed by atoms with Gasteiger partial charge in [-0.3, -0.25) is 14.9 Å². The van der Waals surface area contributed by atoms with Gasteiger partial charge in [0.05, 0.1) is 23.2 Å². The van der Waals surface area contributed by atoms with Gasteiger partial charge in [-0.2, -0.15) is 0 Å². The standard InChI is InChI=1S/C53H61N3O11/c1-5-23-55(52(59)38-16-21-47-48(29-38)63-33-62-47)49-31-45(54-65-32-36-14-17-39(18-15-36)56(60)61)43-28-37(11-7-9-24-57)42(12-8-10-25-58)50-44-30-41(66-40-19-13-34(3)35(4)27-40)20-22-46(44)67-53(49,51(43)50)64-26-6-2/h6,13-22,27-30,37,42,49-51,57-58H,2,5,7-12,23-26,31-33H2,1,3-4H3. The van der Waals surface area contributed by atoms with Crippen LogP contribution >= 0.6 is 0 Å². The van der Waals surface area contributed by atoms with Gasteiger partial charge in [0.2, 0.25) is 12.6 Å². The van der Waals surface area contributed by atoms with Crippen molar-refractivity contribution in [2.24, 2.45) is 22.9 Å². The van der Waals surface area contributed by atoms with Crippen LogP contribution in [0.3, 0.4) is 0 Å². The average molecular weight is 916 g/mol. The van der Waals surface area contributed by atoms with Gasteiger partial charge in [-0.05, 0) is 141 Å². The molecule has 4 aliphatic rings. The third kappa shape index (κ3) is 9.93. The van der Waals surface area contributed by atoms with Crippen molar-refractivity contribution in [3.63, 3.8) is 0 Å². The van der Waals surface area contributed by atoms with Crippen LogP contribution in [0.5, 0.6) is 28.7 Å². The normalized spacial score (nSPS) is 22.8. The van der Waals surface area contributed by atoms with Gasteiger partial charge in [0.25, 0.3) is 11.6 Å². The van der Waals surface area contributed by atoms with Gasteiger partial charge in [-0.15, -0.1) is 6.58 Å². The molecule has 2 N–H and O–H groups in total. The number of carbonyl (C=O) groups excluding carboxylic acids is 1. The third-order valence-electron chi connectivity index (χ3n) is 13.6. The number of oxime groups is 1. The maximum atomic E-state index is 15.2. The van der Waals surface area contributed by atoms with Crippen molar-refractivity contribution in [2.45, 2.75) is 96.5 Å². The van der Waals surface area contributed by atoms with Gasteiger partial charge in [-0.25, -0.2) is 0 Å². The largest absolute Gasteiger partial charge is 0.459 e. The highest BCUT2D eigenvalue weighted by Gasteiger charge is 2.65. The van der Waals surface area contributed by atoms with Crippen molar-refractivity contribution in [3.05, 3.63) is 141 Å². The number of non-ortho nitro benzene ring substituents is 1. The molecule has 4 aromatic rings. The quantitative estimate of drug-likeness (QED) is 0.0353. The molecule has 2 aliphatic carbocycles. The van der Waals surface area contributed by atoms with E-state index in [4.69, 9.17) is 33.7 Å². The van der Waals surface area contributed by atoms with Gasteiger partial charge in [0.1, 0.15) is 29.9 Å². The number of fused-ring (bicyclic) bond motifs is 3. The molecule has 1 saturated carbocycles. The Bertz CT molecular complexity index is 2490. The summed E-state index contributed by atoms with van der Waals surface area (Å²) in [6, 6.07) is 22.6. The number of amides is 1. The molecule has 0 radical (unpaired) electrons. The number of rotatable bonds is 21. The Kier molecular flexibility index (Phi) is 14.9. The predicted molar refractivity (Wildman–Crippen MR) is 253 cm³/mol. The lowest BCUT2D eigenvalue weighted by atomic mass is 9.55. The number of aliphatic hydroxyl groups excluding tert-OH is 2. The zero-order valence-corrected chi connectivity index (χ0v) is 38.6. The van der Waals surface area contributed by atoms with Crippen LogP contribution in [-0.4, -0.2) is 76.6 Å². The molecular formula is C53H61N3O11. The van der Waals surface area contributed by atoms with E-state index < -0.39 is 22.7 Å². The first-order valence-electron chi connectivity index (χ1n) is 23.5. The summed E-state index contributed by atoms with van der Waals surface area (Å²) in [4.78, 5) is 34.2. The van der Waals surface area contributed by atoms with E-state index in [9.17, 15) is 20.3 Å². The summed E-state index contributed by atoms with van der Waals surface area (Å²) in [7, 11) is 0. The summed E-state index contributed by atoms with van der Waals surface area (Å²) in [6.07, 6.45) is 9.21. The number of benzene rings is 4. The minimum Gasteiger partial charge on any atom is -0.459 e. The van der Waals surface area contributed by atoms with Gasteiger partial charge in [0.15, 0.2) is 11.5 Å². The third-order valence-corrected chi connectivity index (χ3v) is 13.6. The molecule has 8 rings (SSSR count). The summed E-state index contributed by atoms with van der Waals surface area (Å²) in [5.74, 6) is 0.557. The van der Waals surface area contributed by atoms with Crippen molar-refractivity contribution >= 4 is 17.3 Å². The van der Waals surface area contributed by atoms with E-state index in [0.717, 1.165) is 47.9 Å². The lowest BCUT2D eigenvalue weighted by molar-refractivity contribution is -0.384. The van der Waals surface area contributed by atoms with Crippen LogP contribution in [0.1, 0.15) is 96.8 Å². The second-order valence-electron chi connectivity index (χ2n) is 17.9. The SMILES string of the molecule is C=CCOC12Oc3ccc(Oc4ccc(C)c(C)c4)cc3C3C(CCCCO)C(CCCCO)C=C(C(=NOCc4ccc([N+](=O)[O-])cc4)CC1N(CCC)C(=O)c1ccc4c(c1)OCO4)C32. The monoisotopic (exact) mass is 915 g/mol. The van der Waals surface area contributed by atoms with E-state index in [1.54, 1.807) is 36.4 Å². The molecule has 67 heavy (non-hydrogen) atoms. The summed E-state index contributed by atoms with van der Waals surface area (Å²) < 4.78 is 32.5. The van der Waals surface area contributed by atoms with Gasteiger partial charge in [-0.1, -0.05) is 43.1 Å². The van der Waals surface area contributed by atoms with Crippen LogP contribution < -0.4 is 18.9 Å². The Morgan fingerprint density at radius 3 is 2.39 bits per heavy atom. The first kappa shape index (κ1) is 47.3. The first-order valence-corrected chi connectivity index (χ1v) is 23.5. The second-order valence-corrected chi connectivity index (χ2v) is 17.9. The second kappa shape index (κ2) is 21.2. The zero-order chi connectivity index (χ0) is 47.1. The molecule has 2 heterocycles. The number of nitrogens with zero attached hydrogens (tertiary/aromatic N) is 3. The van der Waals surface area contributed by atoms with Crippen molar-refractivity contribution in [3.8, 4) is 28.7 Å². The maximum Gasteiger partial charge on any atom is 0.269 e. The van der Waals surface area contributed by atoms with Gasteiger partial charge in [0, 0.05) is 55.4 Å². The first-order chi connectivity index (χ1) is 32.6. The highest BCUT2D eigenvalue weighted by molar-refractivity contribution is 6.03. The number of nitro benzene ring substituents is 1. The van der Waals surface area contributed by atoms with E-state index >= 15 is 4.79 Å². The lowest BCUT2D eigenvalue weighted by Gasteiger charge is -2.60. The molecule has 1 fully saturated rings. The van der Waals surface area contributed by atoms with Crippen molar-refractivity contribution < 1.29 is 48.5 Å². The number of carbonyl (C=O) groups is 1. The Morgan fingerprint density at radius 2 is 1.66 bits per heavy atom. The highest BCUT2D eigenvalue weighted by atomic mass is 16.7. The smallest absolute Gasteiger partial charge is 0.269 e. The number of ether oxygens (including phenoxy) is 5. The molecule has 4 aromatic carbocycles. The number of nitro groups is 1. The van der Waals surface area contributed by atoms with Crippen LogP contribution in [0, 0.1) is 41.7 Å². The highest BCUT2D eigenvalue weighted by Crippen LogP contribution is 2.62. The molecule has 14 heteroatoms. The van der Waals surface area contributed by atoms with Gasteiger partial charge >= 0.3 is 0 Å². The summed E-state index contributed by atoms with van der Waals surface area (Å²) in [6.45, 7) is 10.9. The molecule has 354 valence electrons. The minimum atomic E-state index is -1.46.